The summed E-state index contributed by atoms with van der Waals surface area (Å²) in [4.78, 5) is 0. The molecule has 0 radical (unpaired) electrons. The Bertz CT molecular complexity index is 234. The molecule has 2 bridgehead atoms. The maximum Gasteiger partial charge on any atom is 0.0938 e. The molecule has 0 amide bonds. The molecule has 2 aliphatic carbocycles. The van der Waals surface area contributed by atoms with Crippen molar-refractivity contribution in [3.8, 4) is 0 Å². The van der Waals surface area contributed by atoms with Gasteiger partial charge in [0.1, 0.15) is 0 Å². The van der Waals surface area contributed by atoms with E-state index in [1.165, 1.54) is 0 Å². The number of rotatable bonds is 0. The molecule has 2 aliphatic rings. The maximum atomic E-state index is 10.3. The molecule has 2 N–H and O–H groups in total. The van der Waals surface area contributed by atoms with Crippen LogP contribution in [0.5, 0.6) is 0 Å². The number of aliphatic hydroxyl groups excluding tert-OH is 1. The van der Waals surface area contributed by atoms with Crippen LogP contribution in [0.1, 0.15) is 40.5 Å². The number of hydrogen-bond donors (Lipinski definition) is 2. The summed E-state index contributed by atoms with van der Waals surface area (Å²) in [5, 5.41) is 20.3. The van der Waals surface area contributed by atoms with Gasteiger partial charge in [0.25, 0.3) is 0 Å². The smallest absolute Gasteiger partial charge is 0.0938 e. The molecule has 4 atom stereocenters. The largest absolute Gasteiger partial charge is 0.390 e. The van der Waals surface area contributed by atoms with Crippen molar-refractivity contribution in [2.24, 2.45) is 16.7 Å². The third-order valence-corrected chi connectivity index (χ3v) is 5.38. The Hall–Kier alpha value is -0.0800. The Morgan fingerprint density at radius 1 is 1.15 bits per heavy atom. The summed E-state index contributed by atoms with van der Waals surface area (Å²) in [5.41, 5.74) is -0.959. The zero-order valence-corrected chi connectivity index (χ0v) is 8.96. The quantitative estimate of drug-likeness (QED) is 0.599. The van der Waals surface area contributed by atoms with Gasteiger partial charge in [-0.05, 0) is 31.1 Å². The summed E-state index contributed by atoms with van der Waals surface area (Å²) in [5.74, 6) is 0.271. The summed E-state index contributed by atoms with van der Waals surface area (Å²) < 4.78 is 0. The normalized spacial score (nSPS) is 58.6. The first-order chi connectivity index (χ1) is 5.75. The lowest BCUT2D eigenvalue weighted by molar-refractivity contribution is -0.134. The molecule has 2 heteroatoms. The van der Waals surface area contributed by atoms with Crippen LogP contribution in [0.15, 0.2) is 0 Å². The predicted octanol–water partition coefficient (Wildman–Crippen LogP) is 1.55. The molecular weight excluding hydrogens is 164 g/mol. The van der Waals surface area contributed by atoms with Crippen molar-refractivity contribution in [1.29, 1.82) is 0 Å². The molecule has 0 aromatic rings. The van der Waals surface area contributed by atoms with Crippen LogP contribution in [0.2, 0.25) is 0 Å². The molecule has 0 saturated heterocycles. The summed E-state index contributed by atoms with van der Waals surface area (Å²) >= 11 is 0. The van der Waals surface area contributed by atoms with Gasteiger partial charge in [-0.15, -0.1) is 0 Å². The van der Waals surface area contributed by atoms with E-state index in [9.17, 15) is 10.2 Å². The van der Waals surface area contributed by atoms with Gasteiger partial charge in [-0.1, -0.05) is 20.8 Å². The van der Waals surface area contributed by atoms with E-state index in [4.69, 9.17) is 0 Å². The molecule has 0 aliphatic heterocycles. The van der Waals surface area contributed by atoms with E-state index in [1.54, 1.807) is 6.92 Å². The van der Waals surface area contributed by atoms with Crippen LogP contribution in [0.4, 0.5) is 0 Å². The first-order valence-electron chi connectivity index (χ1n) is 5.15. The standard InChI is InChI=1S/C11H20O2/c1-9(2)7-5-6-10(9,3)11(4,13)8(7)12/h7-8,12-13H,5-6H2,1-4H3. The average Bonchev–Trinajstić information content (AvgIpc) is 2.26. The second-order valence-electron chi connectivity index (χ2n) is 5.79. The van der Waals surface area contributed by atoms with Crippen LogP contribution < -0.4 is 0 Å². The van der Waals surface area contributed by atoms with E-state index in [2.05, 4.69) is 20.8 Å². The lowest BCUT2D eigenvalue weighted by atomic mass is 9.65. The van der Waals surface area contributed by atoms with Crippen molar-refractivity contribution < 1.29 is 10.2 Å². The van der Waals surface area contributed by atoms with Crippen LogP contribution >= 0.6 is 0 Å². The molecule has 0 aromatic heterocycles. The number of fused-ring (bicyclic) bond motifs is 2. The van der Waals surface area contributed by atoms with Crippen molar-refractivity contribution in [2.45, 2.75) is 52.2 Å². The van der Waals surface area contributed by atoms with Gasteiger partial charge in [-0.2, -0.15) is 0 Å². The Balaban J connectivity index is 2.53. The Kier molecular flexibility index (Phi) is 1.54. The molecule has 76 valence electrons. The lowest BCUT2D eigenvalue weighted by Crippen LogP contribution is -2.51. The molecular formula is C11H20O2. The van der Waals surface area contributed by atoms with Gasteiger partial charge < -0.3 is 10.2 Å². The number of aliphatic hydroxyl groups is 2. The van der Waals surface area contributed by atoms with Gasteiger partial charge in [0.15, 0.2) is 0 Å². The summed E-state index contributed by atoms with van der Waals surface area (Å²) in [7, 11) is 0. The highest BCUT2D eigenvalue weighted by atomic mass is 16.3. The fourth-order valence-corrected chi connectivity index (χ4v) is 3.71. The van der Waals surface area contributed by atoms with Gasteiger partial charge >= 0.3 is 0 Å². The van der Waals surface area contributed by atoms with Crippen LogP contribution in [0, 0.1) is 16.7 Å². The van der Waals surface area contributed by atoms with Crippen LogP contribution in [0.3, 0.4) is 0 Å². The predicted molar refractivity (Wildman–Crippen MR) is 51.2 cm³/mol. The fraction of sp³-hybridized carbons (Fsp3) is 1.00. The summed E-state index contributed by atoms with van der Waals surface area (Å²) in [6, 6.07) is 0. The van der Waals surface area contributed by atoms with Gasteiger partial charge in [0.2, 0.25) is 0 Å². The van der Waals surface area contributed by atoms with Crippen molar-refractivity contribution in [1.82, 2.24) is 0 Å². The second kappa shape index (κ2) is 2.12. The molecule has 2 saturated carbocycles. The minimum absolute atomic E-state index is 0.0654. The molecule has 4 unspecified atom stereocenters. The van der Waals surface area contributed by atoms with Crippen molar-refractivity contribution in [3.63, 3.8) is 0 Å². The summed E-state index contributed by atoms with van der Waals surface area (Å²) in [6.07, 6.45) is 1.55. The van der Waals surface area contributed by atoms with Crippen LogP contribution in [-0.4, -0.2) is 21.9 Å². The first kappa shape index (κ1) is 9.47. The molecule has 2 rings (SSSR count). The fourth-order valence-electron chi connectivity index (χ4n) is 3.71. The van der Waals surface area contributed by atoms with Gasteiger partial charge in [0.05, 0.1) is 11.7 Å². The second-order valence-corrected chi connectivity index (χ2v) is 5.79. The van der Waals surface area contributed by atoms with Gasteiger partial charge in [-0.3, -0.25) is 0 Å². The van der Waals surface area contributed by atoms with Crippen molar-refractivity contribution >= 4 is 0 Å². The van der Waals surface area contributed by atoms with Crippen LogP contribution in [0.25, 0.3) is 0 Å². The van der Waals surface area contributed by atoms with E-state index < -0.39 is 11.7 Å². The highest BCUT2D eigenvalue weighted by molar-refractivity contribution is 5.20. The highest BCUT2D eigenvalue weighted by Crippen LogP contribution is 2.69. The van der Waals surface area contributed by atoms with E-state index in [0.717, 1.165) is 12.8 Å². The van der Waals surface area contributed by atoms with Gasteiger partial charge in [0, 0.05) is 5.41 Å². The molecule has 0 spiro atoms. The Morgan fingerprint density at radius 2 is 1.69 bits per heavy atom. The first-order valence-corrected chi connectivity index (χ1v) is 5.15. The minimum Gasteiger partial charge on any atom is -0.390 e. The SMILES string of the molecule is CC1(C)C2CCC1(C)C(C)(O)C2O. The van der Waals surface area contributed by atoms with E-state index in [-0.39, 0.29) is 16.7 Å². The molecule has 2 nitrogen and oxygen atoms in total. The van der Waals surface area contributed by atoms with E-state index >= 15 is 0 Å². The third kappa shape index (κ3) is 0.736. The molecule has 0 heterocycles. The van der Waals surface area contributed by atoms with Crippen molar-refractivity contribution in [2.75, 3.05) is 0 Å². The number of hydrogen-bond acceptors (Lipinski definition) is 2. The van der Waals surface area contributed by atoms with Crippen LogP contribution in [-0.2, 0) is 0 Å². The Morgan fingerprint density at radius 3 is 1.92 bits per heavy atom. The van der Waals surface area contributed by atoms with E-state index in [1.807, 2.05) is 0 Å². The maximum absolute atomic E-state index is 10.3. The monoisotopic (exact) mass is 184 g/mol. The van der Waals surface area contributed by atoms with Gasteiger partial charge in [-0.25, -0.2) is 0 Å². The van der Waals surface area contributed by atoms with Crippen molar-refractivity contribution in [3.05, 3.63) is 0 Å². The highest BCUT2D eigenvalue weighted by Gasteiger charge is 2.71. The third-order valence-electron chi connectivity index (χ3n) is 5.38. The molecule has 0 aromatic carbocycles. The minimum atomic E-state index is -0.903. The zero-order valence-electron chi connectivity index (χ0n) is 8.96. The average molecular weight is 184 g/mol. The van der Waals surface area contributed by atoms with E-state index in [0.29, 0.717) is 0 Å². The Labute approximate surface area is 80.0 Å². The lowest BCUT2D eigenvalue weighted by Gasteiger charge is -2.44. The zero-order chi connectivity index (χ0) is 10.1. The summed E-state index contributed by atoms with van der Waals surface area (Å²) in [6.45, 7) is 8.26. The molecule has 2 fully saturated rings. The molecule has 13 heavy (non-hydrogen) atoms. The topological polar surface area (TPSA) is 40.5 Å².